The highest BCUT2D eigenvalue weighted by Crippen LogP contribution is 2.38. The minimum Gasteiger partial charge on any atom is -0.480 e. The lowest BCUT2D eigenvalue weighted by atomic mass is 10.0. The summed E-state index contributed by atoms with van der Waals surface area (Å²) < 4.78 is 5.22. The van der Waals surface area contributed by atoms with Crippen LogP contribution in [0.5, 0.6) is 0 Å². The topological polar surface area (TPSA) is 75.6 Å². The molecule has 1 unspecified atom stereocenters. The van der Waals surface area contributed by atoms with Gasteiger partial charge in [-0.2, -0.15) is 0 Å². The van der Waals surface area contributed by atoms with Crippen LogP contribution in [0.2, 0.25) is 0 Å². The minimum absolute atomic E-state index is 0.124. The van der Waals surface area contributed by atoms with E-state index in [-0.39, 0.29) is 6.61 Å². The van der Waals surface area contributed by atoms with Crippen molar-refractivity contribution in [2.45, 2.75) is 32.4 Å². The molecule has 1 atom stereocenters. The summed E-state index contributed by atoms with van der Waals surface area (Å²) in [5.41, 5.74) is 5.76. The molecule has 0 saturated heterocycles. The molecule has 0 fully saturated rings. The minimum atomic E-state index is -1.06. The highest BCUT2D eigenvalue weighted by Gasteiger charge is 2.22. The zero-order valence-electron chi connectivity index (χ0n) is 13.4. The lowest BCUT2D eigenvalue weighted by molar-refractivity contribution is -0.139. The van der Waals surface area contributed by atoms with Crippen molar-refractivity contribution in [3.05, 3.63) is 59.2 Å². The quantitative estimate of drug-likeness (QED) is 0.754. The first-order valence-corrected chi connectivity index (χ1v) is 7.95. The Kier molecular flexibility index (Phi) is 4.51. The highest BCUT2D eigenvalue weighted by molar-refractivity contribution is 5.80. The molecule has 124 valence electrons. The van der Waals surface area contributed by atoms with E-state index in [1.165, 1.54) is 16.7 Å². The van der Waals surface area contributed by atoms with E-state index in [0.29, 0.717) is 6.42 Å². The van der Waals surface area contributed by atoms with Crippen molar-refractivity contribution in [3.8, 4) is 11.1 Å². The molecule has 1 aliphatic carbocycles. The van der Waals surface area contributed by atoms with Crippen molar-refractivity contribution in [2.24, 2.45) is 0 Å². The van der Waals surface area contributed by atoms with Gasteiger partial charge in [0.1, 0.15) is 12.6 Å². The van der Waals surface area contributed by atoms with Gasteiger partial charge < -0.3 is 15.2 Å². The van der Waals surface area contributed by atoms with Crippen LogP contribution in [-0.2, 0) is 22.6 Å². The predicted molar refractivity (Wildman–Crippen MR) is 89.7 cm³/mol. The molecule has 1 amide bonds. The smallest absolute Gasteiger partial charge is 0.408 e. The summed E-state index contributed by atoms with van der Waals surface area (Å²) in [5.74, 6) is -1.06. The fourth-order valence-electron chi connectivity index (χ4n) is 3.02. The summed E-state index contributed by atoms with van der Waals surface area (Å²) in [7, 11) is 0. The first kappa shape index (κ1) is 16.1. The monoisotopic (exact) mass is 325 g/mol. The number of benzene rings is 2. The van der Waals surface area contributed by atoms with Crippen LogP contribution in [0.3, 0.4) is 0 Å². The Morgan fingerprint density at radius 3 is 2.67 bits per heavy atom. The number of carboxylic acid groups (broad SMARTS) is 1. The number of hydrogen-bond acceptors (Lipinski definition) is 3. The van der Waals surface area contributed by atoms with Crippen molar-refractivity contribution < 1.29 is 19.4 Å². The summed E-state index contributed by atoms with van der Waals surface area (Å²) in [6.45, 7) is 1.82. The van der Waals surface area contributed by atoms with Gasteiger partial charge in [0, 0.05) is 0 Å². The molecule has 0 heterocycles. The number of carbonyl (C=O) groups is 2. The van der Waals surface area contributed by atoms with Crippen LogP contribution >= 0.6 is 0 Å². The molecule has 3 rings (SSSR count). The number of nitrogens with one attached hydrogen (secondary N) is 1. The van der Waals surface area contributed by atoms with E-state index in [1.807, 2.05) is 24.3 Å². The van der Waals surface area contributed by atoms with E-state index in [0.717, 1.165) is 17.5 Å². The molecule has 1 aliphatic rings. The second-order valence-corrected chi connectivity index (χ2v) is 5.80. The van der Waals surface area contributed by atoms with Gasteiger partial charge in [-0.25, -0.2) is 9.59 Å². The van der Waals surface area contributed by atoms with Gasteiger partial charge in [-0.1, -0.05) is 49.4 Å². The number of aliphatic carboxylic acids is 1. The zero-order valence-corrected chi connectivity index (χ0v) is 13.4. The zero-order chi connectivity index (χ0) is 17.1. The van der Waals surface area contributed by atoms with E-state index in [1.54, 1.807) is 6.92 Å². The average Bonchev–Trinajstić information content (AvgIpc) is 2.96. The standard InChI is InChI=1S/C19H19NO4/c1-2-17(18(21)22)20-19(23)24-11-13-7-5-9-15-14-8-4-3-6-12(14)10-16(13)15/h3-9,17H,2,10-11H2,1H3,(H,20,23)(H,21,22). The van der Waals surface area contributed by atoms with Gasteiger partial charge in [0.05, 0.1) is 0 Å². The molecule has 0 saturated carbocycles. The molecule has 2 N–H and O–H groups in total. The maximum absolute atomic E-state index is 11.8. The van der Waals surface area contributed by atoms with Gasteiger partial charge >= 0.3 is 12.1 Å². The van der Waals surface area contributed by atoms with Gasteiger partial charge in [0.2, 0.25) is 0 Å². The third kappa shape index (κ3) is 3.11. The van der Waals surface area contributed by atoms with Crippen molar-refractivity contribution >= 4 is 12.1 Å². The Balaban J connectivity index is 1.70. The van der Waals surface area contributed by atoms with E-state index in [4.69, 9.17) is 9.84 Å². The third-order valence-electron chi connectivity index (χ3n) is 4.30. The summed E-state index contributed by atoms with van der Waals surface area (Å²) in [6.07, 6.45) is 0.414. The van der Waals surface area contributed by atoms with Crippen molar-refractivity contribution in [2.75, 3.05) is 0 Å². The van der Waals surface area contributed by atoms with Crippen molar-refractivity contribution in [1.29, 1.82) is 0 Å². The normalized spacial score (nSPS) is 12.9. The summed E-state index contributed by atoms with van der Waals surface area (Å²) in [5, 5.41) is 11.3. The summed E-state index contributed by atoms with van der Waals surface area (Å²) >= 11 is 0. The van der Waals surface area contributed by atoms with Crippen molar-refractivity contribution in [3.63, 3.8) is 0 Å². The number of fused-ring (bicyclic) bond motifs is 3. The summed E-state index contributed by atoms with van der Waals surface area (Å²) in [4.78, 5) is 22.8. The lowest BCUT2D eigenvalue weighted by Gasteiger charge is -2.13. The van der Waals surface area contributed by atoms with Gasteiger partial charge in [-0.05, 0) is 40.7 Å². The Bertz CT molecular complexity index is 785. The van der Waals surface area contributed by atoms with Gasteiger partial charge in [0.15, 0.2) is 0 Å². The number of alkyl carbamates (subject to hydrolysis) is 1. The predicted octanol–water partition coefficient (Wildman–Crippen LogP) is 3.35. The second kappa shape index (κ2) is 6.74. The molecule has 0 spiro atoms. The molecule has 0 aliphatic heterocycles. The van der Waals surface area contributed by atoms with Gasteiger partial charge in [-0.3, -0.25) is 0 Å². The molecule has 2 aromatic rings. The Hall–Kier alpha value is -2.82. The second-order valence-electron chi connectivity index (χ2n) is 5.80. The van der Waals surface area contributed by atoms with Gasteiger partial charge in [-0.15, -0.1) is 0 Å². The van der Waals surface area contributed by atoms with Crippen LogP contribution in [0.1, 0.15) is 30.0 Å². The van der Waals surface area contributed by atoms with Crippen LogP contribution in [0.15, 0.2) is 42.5 Å². The lowest BCUT2D eigenvalue weighted by Crippen LogP contribution is -2.40. The first-order chi connectivity index (χ1) is 11.6. The number of carbonyl (C=O) groups excluding carboxylic acids is 1. The number of rotatable bonds is 5. The van der Waals surface area contributed by atoms with E-state index in [9.17, 15) is 9.59 Å². The van der Waals surface area contributed by atoms with Crippen LogP contribution in [0.25, 0.3) is 11.1 Å². The average molecular weight is 325 g/mol. The third-order valence-corrected chi connectivity index (χ3v) is 4.30. The molecular weight excluding hydrogens is 306 g/mol. The SMILES string of the molecule is CCC(NC(=O)OCc1cccc2c1Cc1ccccc1-2)C(=O)O. The van der Waals surface area contributed by atoms with Crippen LogP contribution < -0.4 is 5.32 Å². The molecule has 24 heavy (non-hydrogen) atoms. The fourth-order valence-corrected chi connectivity index (χ4v) is 3.02. The number of ether oxygens (including phenoxy) is 1. The molecular formula is C19H19NO4. The Labute approximate surface area is 140 Å². The molecule has 0 aromatic heterocycles. The van der Waals surface area contributed by atoms with E-state index in [2.05, 4.69) is 23.5 Å². The van der Waals surface area contributed by atoms with Crippen LogP contribution in [0, 0.1) is 0 Å². The van der Waals surface area contributed by atoms with E-state index < -0.39 is 18.1 Å². The maximum Gasteiger partial charge on any atom is 0.408 e. The van der Waals surface area contributed by atoms with Crippen LogP contribution in [0.4, 0.5) is 4.79 Å². The Morgan fingerprint density at radius 1 is 1.17 bits per heavy atom. The summed E-state index contributed by atoms with van der Waals surface area (Å²) in [6, 6.07) is 13.3. The largest absolute Gasteiger partial charge is 0.480 e. The fraction of sp³-hybridized carbons (Fsp3) is 0.263. The number of hydrogen-bond donors (Lipinski definition) is 2. The first-order valence-electron chi connectivity index (χ1n) is 7.95. The number of amides is 1. The molecule has 5 heteroatoms. The molecule has 2 aromatic carbocycles. The number of carboxylic acids is 1. The van der Waals surface area contributed by atoms with Gasteiger partial charge in [0.25, 0.3) is 0 Å². The molecule has 5 nitrogen and oxygen atoms in total. The molecule has 0 radical (unpaired) electrons. The highest BCUT2D eigenvalue weighted by atomic mass is 16.5. The Morgan fingerprint density at radius 2 is 1.92 bits per heavy atom. The molecule has 0 bridgehead atoms. The van der Waals surface area contributed by atoms with Crippen molar-refractivity contribution in [1.82, 2.24) is 5.32 Å². The van der Waals surface area contributed by atoms with E-state index >= 15 is 0 Å². The van der Waals surface area contributed by atoms with Crippen LogP contribution in [-0.4, -0.2) is 23.2 Å². The maximum atomic E-state index is 11.8.